The molecule has 0 aliphatic heterocycles. The first-order valence-electron chi connectivity index (χ1n) is 4.58. The van der Waals surface area contributed by atoms with Gasteiger partial charge in [0.25, 0.3) is 5.19 Å². The van der Waals surface area contributed by atoms with E-state index in [1.807, 2.05) is 0 Å². The zero-order valence-corrected chi connectivity index (χ0v) is 9.35. The van der Waals surface area contributed by atoms with Gasteiger partial charge in [-0.1, -0.05) is 25.2 Å². The molecule has 3 nitrogen and oxygen atoms in total. The first kappa shape index (κ1) is 9.65. The summed E-state index contributed by atoms with van der Waals surface area (Å²) in [5.41, 5.74) is 0.732. The van der Waals surface area contributed by atoms with Crippen molar-refractivity contribution < 1.29 is 9.53 Å². The Kier molecular flexibility index (Phi) is 2.10. The number of nitrogens with zero attached hydrogens (tertiary/aromatic N) is 1. The number of ketones is 1. The fourth-order valence-corrected chi connectivity index (χ4v) is 2.19. The van der Waals surface area contributed by atoms with E-state index in [0.29, 0.717) is 10.9 Å². The van der Waals surface area contributed by atoms with E-state index < -0.39 is 0 Å². The van der Waals surface area contributed by atoms with E-state index in [2.05, 4.69) is 18.8 Å². The Labute approximate surface area is 87.1 Å². The molecule has 1 unspecified atom stereocenters. The molecule has 0 amide bonds. The number of carbonyl (C=O) groups excluding carboxylic acids is 1. The molecule has 76 valence electrons. The van der Waals surface area contributed by atoms with Gasteiger partial charge >= 0.3 is 0 Å². The SMILES string of the molecule is COc1nc(C(=O)C2CC2(C)C)cs1. The van der Waals surface area contributed by atoms with Crippen LogP contribution < -0.4 is 4.74 Å². The second-order valence-electron chi connectivity index (χ2n) is 4.31. The van der Waals surface area contributed by atoms with Crippen molar-refractivity contribution in [1.29, 1.82) is 0 Å². The van der Waals surface area contributed by atoms with Gasteiger partial charge in [-0.2, -0.15) is 4.98 Å². The van der Waals surface area contributed by atoms with Gasteiger partial charge in [0.05, 0.1) is 7.11 Å². The molecule has 1 fully saturated rings. The summed E-state index contributed by atoms with van der Waals surface area (Å²) in [4.78, 5) is 15.9. The molecule has 0 bridgehead atoms. The molecule has 0 saturated heterocycles. The van der Waals surface area contributed by atoms with Crippen LogP contribution in [-0.2, 0) is 0 Å². The van der Waals surface area contributed by atoms with Crippen molar-refractivity contribution in [1.82, 2.24) is 4.98 Å². The minimum Gasteiger partial charge on any atom is -0.473 e. The Balaban J connectivity index is 2.13. The number of Topliss-reactive ketones (excluding diaryl/α,β-unsaturated/α-hetero) is 1. The second kappa shape index (κ2) is 3.05. The average Bonchev–Trinajstić information content (AvgIpc) is 2.64. The van der Waals surface area contributed by atoms with Crippen LogP contribution in [0.5, 0.6) is 5.19 Å². The molecular formula is C10H13NO2S. The molecular weight excluding hydrogens is 198 g/mol. The number of hydrogen-bond donors (Lipinski definition) is 0. The summed E-state index contributed by atoms with van der Waals surface area (Å²) in [6.07, 6.45) is 0.978. The molecule has 1 saturated carbocycles. The van der Waals surface area contributed by atoms with E-state index in [4.69, 9.17) is 4.74 Å². The lowest BCUT2D eigenvalue weighted by atomic mass is 10.1. The van der Waals surface area contributed by atoms with Crippen LogP contribution in [0.25, 0.3) is 0 Å². The normalized spacial score (nSPS) is 23.2. The number of carbonyl (C=O) groups is 1. The number of thiazole rings is 1. The monoisotopic (exact) mass is 211 g/mol. The molecule has 0 aromatic carbocycles. The van der Waals surface area contributed by atoms with Crippen LogP contribution in [0.4, 0.5) is 0 Å². The molecule has 0 N–H and O–H groups in total. The average molecular weight is 211 g/mol. The molecule has 0 spiro atoms. The molecule has 1 aliphatic rings. The third-order valence-electron chi connectivity index (χ3n) is 2.74. The van der Waals surface area contributed by atoms with Gasteiger partial charge in [0, 0.05) is 11.3 Å². The van der Waals surface area contributed by atoms with Gasteiger partial charge in [0.2, 0.25) is 0 Å². The first-order valence-corrected chi connectivity index (χ1v) is 5.46. The third kappa shape index (κ3) is 1.54. The Morgan fingerprint density at radius 2 is 2.36 bits per heavy atom. The van der Waals surface area contributed by atoms with Crippen molar-refractivity contribution in [3.05, 3.63) is 11.1 Å². The van der Waals surface area contributed by atoms with Crippen LogP contribution >= 0.6 is 11.3 Å². The number of ether oxygens (including phenoxy) is 1. The highest BCUT2D eigenvalue weighted by atomic mass is 32.1. The Morgan fingerprint density at radius 1 is 1.71 bits per heavy atom. The molecule has 4 heteroatoms. The predicted molar refractivity (Wildman–Crippen MR) is 54.9 cm³/mol. The van der Waals surface area contributed by atoms with Gasteiger partial charge < -0.3 is 4.74 Å². The quantitative estimate of drug-likeness (QED) is 0.720. The van der Waals surface area contributed by atoms with Crippen LogP contribution in [0.3, 0.4) is 0 Å². The fourth-order valence-electron chi connectivity index (χ4n) is 1.56. The van der Waals surface area contributed by atoms with Gasteiger partial charge in [0.1, 0.15) is 5.69 Å². The van der Waals surface area contributed by atoms with Gasteiger partial charge in [-0.15, -0.1) is 0 Å². The topological polar surface area (TPSA) is 39.2 Å². The maximum absolute atomic E-state index is 11.8. The summed E-state index contributed by atoms with van der Waals surface area (Å²) in [6.45, 7) is 4.22. The Hall–Kier alpha value is -0.900. The summed E-state index contributed by atoms with van der Waals surface area (Å²) in [5.74, 6) is 0.323. The maximum Gasteiger partial charge on any atom is 0.273 e. The molecule has 14 heavy (non-hydrogen) atoms. The van der Waals surface area contributed by atoms with Crippen LogP contribution in [0.1, 0.15) is 30.8 Å². The summed E-state index contributed by atoms with van der Waals surface area (Å²) in [7, 11) is 1.56. The number of aromatic nitrogens is 1. The van der Waals surface area contributed by atoms with Crippen molar-refractivity contribution in [2.45, 2.75) is 20.3 Å². The van der Waals surface area contributed by atoms with E-state index >= 15 is 0 Å². The smallest absolute Gasteiger partial charge is 0.273 e. The standard InChI is InChI=1S/C10H13NO2S/c1-10(2)4-6(10)8(12)7-5-14-9(11-7)13-3/h5-6H,4H2,1-3H3. The van der Waals surface area contributed by atoms with E-state index in [9.17, 15) is 4.79 Å². The lowest BCUT2D eigenvalue weighted by molar-refractivity contribution is 0.0948. The minimum absolute atomic E-state index is 0.161. The molecule has 2 rings (SSSR count). The second-order valence-corrected chi connectivity index (χ2v) is 5.13. The summed E-state index contributed by atoms with van der Waals surface area (Å²) >= 11 is 1.37. The molecule has 1 aliphatic carbocycles. The largest absolute Gasteiger partial charge is 0.473 e. The third-order valence-corrected chi connectivity index (χ3v) is 3.54. The van der Waals surface area contributed by atoms with Crippen LogP contribution in [0.2, 0.25) is 0 Å². The highest BCUT2D eigenvalue weighted by Crippen LogP contribution is 2.53. The summed E-state index contributed by atoms with van der Waals surface area (Å²) in [6, 6.07) is 0. The highest BCUT2D eigenvalue weighted by molar-refractivity contribution is 7.11. The van der Waals surface area contributed by atoms with Crippen molar-refractivity contribution >= 4 is 17.1 Å². The lowest BCUT2D eigenvalue weighted by Crippen LogP contribution is -2.06. The van der Waals surface area contributed by atoms with Crippen LogP contribution in [0, 0.1) is 11.3 Å². The van der Waals surface area contributed by atoms with Crippen molar-refractivity contribution in [2.75, 3.05) is 7.11 Å². The van der Waals surface area contributed by atoms with Gasteiger partial charge in [0.15, 0.2) is 5.78 Å². The van der Waals surface area contributed by atoms with Crippen LogP contribution in [0.15, 0.2) is 5.38 Å². The van der Waals surface area contributed by atoms with Gasteiger partial charge in [-0.05, 0) is 11.8 Å². The van der Waals surface area contributed by atoms with E-state index in [0.717, 1.165) is 6.42 Å². The number of rotatable bonds is 3. The minimum atomic E-state index is 0.161. The zero-order valence-electron chi connectivity index (χ0n) is 8.53. The van der Waals surface area contributed by atoms with E-state index in [-0.39, 0.29) is 17.1 Å². The zero-order chi connectivity index (χ0) is 10.3. The van der Waals surface area contributed by atoms with Gasteiger partial charge in [-0.25, -0.2) is 0 Å². The van der Waals surface area contributed by atoms with Gasteiger partial charge in [-0.3, -0.25) is 4.79 Å². The lowest BCUT2D eigenvalue weighted by Gasteiger charge is -1.99. The molecule has 1 aromatic heterocycles. The number of hydrogen-bond acceptors (Lipinski definition) is 4. The van der Waals surface area contributed by atoms with E-state index in [1.165, 1.54) is 11.3 Å². The first-order chi connectivity index (χ1) is 6.54. The van der Waals surface area contributed by atoms with Crippen molar-refractivity contribution in [3.63, 3.8) is 0 Å². The number of methoxy groups -OCH3 is 1. The summed E-state index contributed by atoms with van der Waals surface area (Å²) < 4.78 is 4.95. The Morgan fingerprint density at radius 3 is 2.79 bits per heavy atom. The summed E-state index contributed by atoms with van der Waals surface area (Å²) in [5, 5.41) is 2.34. The molecule has 1 atom stereocenters. The highest BCUT2D eigenvalue weighted by Gasteiger charge is 2.51. The maximum atomic E-state index is 11.8. The molecule has 1 heterocycles. The van der Waals surface area contributed by atoms with Crippen LogP contribution in [-0.4, -0.2) is 17.9 Å². The van der Waals surface area contributed by atoms with Crippen molar-refractivity contribution in [3.8, 4) is 5.19 Å². The molecule has 0 radical (unpaired) electrons. The van der Waals surface area contributed by atoms with E-state index in [1.54, 1.807) is 12.5 Å². The molecule has 1 aromatic rings. The Bertz CT molecular complexity index is 370. The predicted octanol–water partition coefficient (Wildman–Crippen LogP) is 2.38. The van der Waals surface area contributed by atoms with Crippen molar-refractivity contribution in [2.24, 2.45) is 11.3 Å². The fraction of sp³-hybridized carbons (Fsp3) is 0.600.